The van der Waals surface area contributed by atoms with Crippen LogP contribution < -0.4 is 5.73 Å². The Balaban J connectivity index is 1.56. The molecule has 7 heteroatoms. The van der Waals surface area contributed by atoms with Gasteiger partial charge in [-0.05, 0) is 23.8 Å². The lowest BCUT2D eigenvalue weighted by Crippen LogP contribution is -2.29. The molecule has 0 aliphatic carbocycles. The number of nitrogens with zero attached hydrogens (tertiary/aromatic N) is 3. The highest BCUT2D eigenvalue weighted by Crippen LogP contribution is 2.32. The predicted molar refractivity (Wildman–Crippen MR) is 98.2 cm³/mol. The Morgan fingerprint density at radius 3 is 2.56 bits per heavy atom. The fraction of sp³-hybridized carbons (Fsp3) is 0.350. The average Bonchev–Trinajstić information content (AvgIpc) is 3.15. The molecule has 0 bridgehead atoms. The zero-order chi connectivity index (χ0) is 19.2. The molecule has 0 spiro atoms. The molecule has 1 aliphatic rings. The first-order chi connectivity index (χ1) is 12.8. The third-order valence-electron chi connectivity index (χ3n) is 5.33. The summed E-state index contributed by atoms with van der Waals surface area (Å²) in [5.41, 5.74) is 7.94. The average molecular weight is 374 g/mol. The molecule has 1 fully saturated rings. The van der Waals surface area contributed by atoms with Gasteiger partial charge in [-0.15, -0.1) is 0 Å². The van der Waals surface area contributed by atoms with E-state index < -0.39 is 11.7 Å². The Morgan fingerprint density at radius 2 is 1.85 bits per heavy atom. The fourth-order valence-electron chi connectivity index (χ4n) is 3.86. The Labute approximate surface area is 155 Å². The summed E-state index contributed by atoms with van der Waals surface area (Å²) in [6, 6.07) is 13.9. The molecular weight excluding hydrogens is 353 g/mol. The van der Waals surface area contributed by atoms with E-state index >= 15 is 0 Å². The van der Waals surface area contributed by atoms with Crippen LogP contribution in [0.4, 0.5) is 13.2 Å². The molecule has 142 valence electrons. The van der Waals surface area contributed by atoms with Gasteiger partial charge in [0.05, 0.1) is 23.1 Å². The highest BCUT2D eigenvalue weighted by molar-refractivity contribution is 5.77. The van der Waals surface area contributed by atoms with E-state index in [0.717, 1.165) is 31.0 Å². The summed E-state index contributed by atoms with van der Waals surface area (Å²) < 4.78 is 40.7. The van der Waals surface area contributed by atoms with Gasteiger partial charge in [-0.1, -0.05) is 30.3 Å². The van der Waals surface area contributed by atoms with E-state index in [-0.39, 0.29) is 12.0 Å². The van der Waals surface area contributed by atoms with E-state index in [1.54, 1.807) is 0 Å². The van der Waals surface area contributed by atoms with Crippen molar-refractivity contribution >= 4 is 11.0 Å². The number of aromatic nitrogens is 2. The summed E-state index contributed by atoms with van der Waals surface area (Å²) in [4.78, 5) is 6.67. The van der Waals surface area contributed by atoms with Crippen LogP contribution in [0.1, 0.15) is 22.9 Å². The third-order valence-corrected chi connectivity index (χ3v) is 5.33. The van der Waals surface area contributed by atoms with Gasteiger partial charge in [-0.25, -0.2) is 4.98 Å². The summed E-state index contributed by atoms with van der Waals surface area (Å²) in [5.74, 6) is 0.989. The lowest BCUT2D eigenvalue weighted by atomic mass is 9.95. The number of imidazole rings is 1. The molecule has 3 aromatic rings. The van der Waals surface area contributed by atoms with Crippen LogP contribution in [0.2, 0.25) is 0 Å². The summed E-state index contributed by atoms with van der Waals surface area (Å²) >= 11 is 0. The van der Waals surface area contributed by atoms with Gasteiger partial charge in [-0.2, -0.15) is 13.2 Å². The largest absolute Gasteiger partial charge is 0.416 e. The number of nitrogens with two attached hydrogens (primary N) is 1. The minimum atomic E-state index is -4.36. The van der Waals surface area contributed by atoms with Crippen LogP contribution >= 0.6 is 0 Å². The minimum absolute atomic E-state index is 0.0268. The van der Waals surface area contributed by atoms with Crippen molar-refractivity contribution in [3.05, 3.63) is 65.5 Å². The van der Waals surface area contributed by atoms with Crippen LogP contribution in [-0.2, 0) is 19.8 Å². The third kappa shape index (κ3) is 3.44. The topological polar surface area (TPSA) is 47.1 Å². The summed E-state index contributed by atoms with van der Waals surface area (Å²) in [5, 5.41) is 0. The Morgan fingerprint density at radius 1 is 1.11 bits per heavy atom. The number of rotatable bonds is 3. The number of hydrogen-bond donors (Lipinski definition) is 1. The second-order valence-electron chi connectivity index (χ2n) is 7.16. The molecule has 0 saturated carbocycles. The molecule has 0 radical (unpaired) electrons. The molecule has 2 atom stereocenters. The van der Waals surface area contributed by atoms with E-state index in [1.807, 2.05) is 29.8 Å². The van der Waals surface area contributed by atoms with Crippen LogP contribution in [0.5, 0.6) is 0 Å². The maximum Gasteiger partial charge on any atom is 0.416 e. The molecule has 2 heterocycles. The van der Waals surface area contributed by atoms with Crippen LogP contribution in [-0.4, -0.2) is 33.6 Å². The summed E-state index contributed by atoms with van der Waals surface area (Å²) in [7, 11) is 1.84. The van der Waals surface area contributed by atoms with E-state index in [4.69, 9.17) is 5.73 Å². The zero-order valence-corrected chi connectivity index (χ0v) is 14.9. The van der Waals surface area contributed by atoms with Gasteiger partial charge in [-0.3, -0.25) is 4.90 Å². The lowest BCUT2D eigenvalue weighted by Gasteiger charge is -2.16. The Kier molecular flexibility index (Phi) is 4.44. The van der Waals surface area contributed by atoms with E-state index in [1.165, 1.54) is 11.6 Å². The fourth-order valence-corrected chi connectivity index (χ4v) is 3.86. The zero-order valence-electron chi connectivity index (χ0n) is 14.9. The molecule has 1 aliphatic heterocycles. The van der Waals surface area contributed by atoms with Crippen molar-refractivity contribution in [2.75, 3.05) is 13.1 Å². The normalized spacial score (nSPS) is 21.2. The molecule has 2 N–H and O–H groups in total. The van der Waals surface area contributed by atoms with Crippen LogP contribution in [0.25, 0.3) is 11.0 Å². The monoisotopic (exact) mass is 374 g/mol. The number of likely N-dealkylation sites (tertiary alicyclic amines) is 1. The van der Waals surface area contributed by atoms with Gasteiger partial charge < -0.3 is 10.3 Å². The second-order valence-corrected chi connectivity index (χ2v) is 7.16. The van der Waals surface area contributed by atoms with Gasteiger partial charge in [0.1, 0.15) is 5.82 Å². The summed E-state index contributed by atoms with van der Waals surface area (Å²) in [6.45, 7) is 2.10. The number of hydrogen-bond acceptors (Lipinski definition) is 3. The van der Waals surface area contributed by atoms with Crippen molar-refractivity contribution in [3.63, 3.8) is 0 Å². The highest BCUT2D eigenvalue weighted by atomic mass is 19.4. The molecule has 0 unspecified atom stereocenters. The molecule has 27 heavy (non-hydrogen) atoms. The van der Waals surface area contributed by atoms with Crippen LogP contribution in [0, 0.1) is 0 Å². The molecular formula is C20H21F3N4. The van der Waals surface area contributed by atoms with Crippen molar-refractivity contribution in [2.24, 2.45) is 12.8 Å². The maximum atomic E-state index is 12.9. The molecule has 0 amide bonds. The maximum absolute atomic E-state index is 12.9. The van der Waals surface area contributed by atoms with E-state index in [0.29, 0.717) is 17.6 Å². The first-order valence-corrected chi connectivity index (χ1v) is 8.88. The Bertz CT molecular complexity index is 949. The highest BCUT2D eigenvalue weighted by Gasteiger charge is 2.33. The number of benzene rings is 2. The quantitative estimate of drug-likeness (QED) is 0.763. The van der Waals surface area contributed by atoms with Gasteiger partial charge in [0.2, 0.25) is 0 Å². The lowest BCUT2D eigenvalue weighted by molar-refractivity contribution is -0.137. The number of aryl methyl sites for hydroxylation is 1. The first kappa shape index (κ1) is 18.0. The van der Waals surface area contributed by atoms with E-state index in [9.17, 15) is 13.2 Å². The summed E-state index contributed by atoms with van der Waals surface area (Å²) in [6.07, 6.45) is -4.36. The van der Waals surface area contributed by atoms with Gasteiger partial charge in [0.25, 0.3) is 0 Å². The SMILES string of the molecule is Cn1c(CN2C[C@@H](N)[C@H](c3ccccc3)C2)nc2cc(C(F)(F)F)ccc21. The molecule has 4 nitrogen and oxygen atoms in total. The standard InChI is InChI=1S/C20H21F3N4/c1-26-18-8-7-14(20(21,22)23)9-17(18)25-19(26)12-27-10-15(16(24)11-27)13-5-3-2-4-6-13/h2-9,15-16H,10-12,24H2,1H3/t15-,16+/m0/s1. The first-order valence-electron chi connectivity index (χ1n) is 8.88. The number of halogens is 3. The van der Waals surface area contributed by atoms with Crippen molar-refractivity contribution < 1.29 is 13.2 Å². The number of alkyl halides is 3. The Hall–Kier alpha value is -2.38. The van der Waals surface area contributed by atoms with Crippen LogP contribution in [0.15, 0.2) is 48.5 Å². The molecule has 4 rings (SSSR count). The van der Waals surface area contributed by atoms with Gasteiger partial charge >= 0.3 is 6.18 Å². The van der Waals surface area contributed by atoms with Gasteiger partial charge in [0, 0.05) is 32.1 Å². The minimum Gasteiger partial charge on any atom is -0.330 e. The number of fused-ring (bicyclic) bond motifs is 1. The van der Waals surface area contributed by atoms with Crippen molar-refractivity contribution in [2.45, 2.75) is 24.7 Å². The molecule has 2 aromatic carbocycles. The van der Waals surface area contributed by atoms with Crippen LogP contribution in [0.3, 0.4) is 0 Å². The van der Waals surface area contributed by atoms with Gasteiger partial charge in [0.15, 0.2) is 0 Å². The smallest absolute Gasteiger partial charge is 0.330 e. The second kappa shape index (κ2) is 6.65. The van der Waals surface area contributed by atoms with Crippen molar-refractivity contribution in [1.82, 2.24) is 14.5 Å². The predicted octanol–water partition coefficient (Wildman–Crippen LogP) is 3.52. The molecule has 1 saturated heterocycles. The van der Waals surface area contributed by atoms with Crippen molar-refractivity contribution in [1.29, 1.82) is 0 Å². The van der Waals surface area contributed by atoms with Crippen molar-refractivity contribution in [3.8, 4) is 0 Å². The molecule has 1 aromatic heterocycles. The van der Waals surface area contributed by atoms with E-state index in [2.05, 4.69) is 22.0 Å².